The van der Waals surface area contributed by atoms with E-state index < -0.39 is 5.60 Å². The second-order valence-electron chi connectivity index (χ2n) is 6.32. The van der Waals surface area contributed by atoms with E-state index in [0.717, 1.165) is 25.3 Å². The Bertz CT molecular complexity index is 373. The third-order valence-corrected chi connectivity index (χ3v) is 3.47. The highest BCUT2D eigenvalue weighted by molar-refractivity contribution is 5.81. The number of piperidine rings is 1. The summed E-state index contributed by atoms with van der Waals surface area (Å²) in [5, 5.41) is 0. The van der Waals surface area contributed by atoms with Crippen LogP contribution in [0.3, 0.4) is 0 Å². The number of nitrogens with zero attached hydrogens (tertiary/aromatic N) is 2. The molecule has 0 N–H and O–H groups in total. The lowest BCUT2D eigenvalue weighted by Crippen LogP contribution is -2.49. The molecule has 2 rings (SSSR count). The Balaban J connectivity index is 2.00. The fourth-order valence-corrected chi connectivity index (χ4v) is 2.48. The zero-order chi connectivity index (χ0) is 14.0. The Morgan fingerprint density at radius 2 is 2.16 bits per heavy atom. The van der Waals surface area contributed by atoms with Gasteiger partial charge in [-0.3, -0.25) is 4.99 Å². The smallest absolute Gasteiger partial charge is 0.410 e. The summed E-state index contributed by atoms with van der Waals surface area (Å²) in [7, 11) is 0. The van der Waals surface area contributed by atoms with Crippen molar-refractivity contribution in [3.63, 3.8) is 0 Å². The van der Waals surface area contributed by atoms with Crippen LogP contribution >= 0.6 is 0 Å². The van der Waals surface area contributed by atoms with Crippen LogP contribution in [0.5, 0.6) is 0 Å². The van der Waals surface area contributed by atoms with Crippen LogP contribution in [-0.4, -0.2) is 48.2 Å². The van der Waals surface area contributed by atoms with Gasteiger partial charge in [-0.25, -0.2) is 4.79 Å². The zero-order valence-electron chi connectivity index (χ0n) is 12.3. The van der Waals surface area contributed by atoms with E-state index in [2.05, 4.69) is 11.9 Å². The van der Waals surface area contributed by atoms with Gasteiger partial charge in [0.1, 0.15) is 12.2 Å². The molecular weight excluding hydrogens is 244 g/mol. The molecule has 0 aromatic carbocycles. The molecule has 0 aromatic rings. The van der Waals surface area contributed by atoms with Gasteiger partial charge in [0.2, 0.25) is 0 Å². The number of hydrogen-bond donors (Lipinski definition) is 0. The van der Waals surface area contributed by atoms with Gasteiger partial charge < -0.3 is 14.4 Å². The lowest BCUT2D eigenvalue weighted by molar-refractivity contribution is 0.00824. The maximum atomic E-state index is 12.2. The Labute approximate surface area is 115 Å². The largest absolute Gasteiger partial charge is 0.479 e. The number of amides is 1. The average molecular weight is 268 g/mol. The van der Waals surface area contributed by atoms with Crippen LogP contribution in [0, 0.1) is 5.92 Å². The quantitative estimate of drug-likeness (QED) is 0.734. The molecule has 0 unspecified atom stereocenters. The predicted octanol–water partition coefficient (Wildman–Crippen LogP) is 2.45. The molecule has 2 aliphatic rings. The van der Waals surface area contributed by atoms with Crippen molar-refractivity contribution in [1.29, 1.82) is 0 Å². The monoisotopic (exact) mass is 268 g/mol. The summed E-state index contributed by atoms with van der Waals surface area (Å²) in [6, 6.07) is 0.216. The molecule has 2 heterocycles. The van der Waals surface area contributed by atoms with Gasteiger partial charge in [-0.1, -0.05) is 0 Å². The molecule has 1 fully saturated rings. The van der Waals surface area contributed by atoms with E-state index in [9.17, 15) is 4.79 Å². The number of hydrogen-bond acceptors (Lipinski definition) is 4. The summed E-state index contributed by atoms with van der Waals surface area (Å²) < 4.78 is 11.0. The highest BCUT2D eigenvalue weighted by Crippen LogP contribution is 2.26. The Hall–Kier alpha value is -1.26. The molecule has 2 aliphatic heterocycles. The van der Waals surface area contributed by atoms with Crippen molar-refractivity contribution in [2.75, 3.05) is 19.7 Å². The minimum atomic E-state index is -0.453. The third-order valence-electron chi connectivity index (χ3n) is 3.47. The first-order chi connectivity index (χ1) is 8.87. The first-order valence-electron chi connectivity index (χ1n) is 7.03. The van der Waals surface area contributed by atoms with Crippen molar-refractivity contribution in [1.82, 2.24) is 4.90 Å². The van der Waals surface area contributed by atoms with Crippen molar-refractivity contribution in [2.45, 2.75) is 52.2 Å². The molecule has 5 nitrogen and oxygen atoms in total. The minimum absolute atomic E-state index is 0.216. The number of likely N-dealkylation sites (tertiary alicyclic amines) is 1. The standard InChI is InChI=1S/C14H24N2O3/c1-10-5-6-11(12-15-7-8-18-12)9-16(10)13(17)19-14(2,3)4/h10-11H,5-9H2,1-4H3/t10-,11-/m1/s1. The number of aliphatic imine (C=N–C) groups is 1. The van der Waals surface area contributed by atoms with Crippen LogP contribution in [0.25, 0.3) is 0 Å². The molecule has 0 saturated carbocycles. The summed E-state index contributed by atoms with van der Waals surface area (Å²) in [5.74, 6) is 1.05. The lowest BCUT2D eigenvalue weighted by Gasteiger charge is -2.38. The van der Waals surface area contributed by atoms with Crippen molar-refractivity contribution in [3.05, 3.63) is 0 Å². The SMILES string of the molecule is C[C@@H]1CC[C@@H](C2=NCCO2)CN1C(=O)OC(C)(C)C. The molecule has 2 atom stereocenters. The van der Waals surface area contributed by atoms with Gasteiger partial charge in [0.15, 0.2) is 5.90 Å². The van der Waals surface area contributed by atoms with Crippen molar-refractivity contribution >= 4 is 12.0 Å². The van der Waals surface area contributed by atoms with Gasteiger partial charge in [0, 0.05) is 12.6 Å². The van der Waals surface area contributed by atoms with Gasteiger partial charge in [0.05, 0.1) is 12.5 Å². The molecule has 19 heavy (non-hydrogen) atoms. The summed E-state index contributed by atoms with van der Waals surface area (Å²) in [4.78, 5) is 18.4. The number of carbonyl (C=O) groups is 1. The first-order valence-corrected chi connectivity index (χ1v) is 7.03. The van der Waals surface area contributed by atoms with Gasteiger partial charge in [-0.15, -0.1) is 0 Å². The lowest BCUT2D eigenvalue weighted by atomic mass is 9.93. The molecule has 0 spiro atoms. The van der Waals surface area contributed by atoms with E-state index in [1.165, 1.54) is 0 Å². The van der Waals surface area contributed by atoms with Crippen molar-refractivity contribution in [2.24, 2.45) is 10.9 Å². The Morgan fingerprint density at radius 3 is 2.74 bits per heavy atom. The minimum Gasteiger partial charge on any atom is -0.479 e. The summed E-state index contributed by atoms with van der Waals surface area (Å²) in [6.45, 7) is 9.80. The predicted molar refractivity (Wildman–Crippen MR) is 73.4 cm³/mol. The van der Waals surface area contributed by atoms with Crippen LogP contribution in [0.2, 0.25) is 0 Å². The highest BCUT2D eigenvalue weighted by Gasteiger charge is 2.35. The Morgan fingerprint density at radius 1 is 1.42 bits per heavy atom. The Kier molecular flexibility index (Phi) is 4.02. The number of carbonyl (C=O) groups excluding carboxylic acids is 1. The zero-order valence-corrected chi connectivity index (χ0v) is 12.3. The number of rotatable bonds is 1. The fraction of sp³-hybridized carbons (Fsp3) is 0.857. The van der Waals surface area contributed by atoms with Gasteiger partial charge >= 0.3 is 6.09 Å². The van der Waals surface area contributed by atoms with Crippen LogP contribution < -0.4 is 0 Å². The van der Waals surface area contributed by atoms with Gasteiger partial charge in [-0.2, -0.15) is 0 Å². The maximum absolute atomic E-state index is 12.2. The van der Waals surface area contributed by atoms with Crippen LogP contribution in [-0.2, 0) is 9.47 Å². The summed E-state index contributed by atoms with van der Waals surface area (Å²) in [5.41, 5.74) is -0.453. The molecule has 0 radical (unpaired) electrons. The molecule has 1 amide bonds. The van der Waals surface area contributed by atoms with E-state index in [1.54, 1.807) is 0 Å². The normalized spacial score (nSPS) is 27.8. The van der Waals surface area contributed by atoms with E-state index >= 15 is 0 Å². The summed E-state index contributed by atoms with van der Waals surface area (Å²) in [6.07, 6.45) is 1.76. The molecule has 1 saturated heterocycles. The second-order valence-corrected chi connectivity index (χ2v) is 6.32. The maximum Gasteiger partial charge on any atom is 0.410 e. The van der Waals surface area contributed by atoms with Gasteiger partial charge in [0.25, 0.3) is 0 Å². The van der Waals surface area contributed by atoms with Crippen LogP contribution in [0.15, 0.2) is 4.99 Å². The fourth-order valence-electron chi connectivity index (χ4n) is 2.48. The molecule has 108 valence electrons. The molecule has 0 aliphatic carbocycles. The second kappa shape index (κ2) is 5.39. The third kappa shape index (κ3) is 3.61. The average Bonchev–Trinajstić information content (AvgIpc) is 2.80. The van der Waals surface area contributed by atoms with Crippen molar-refractivity contribution < 1.29 is 14.3 Å². The van der Waals surface area contributed by atoms with E-state index in [4.69, 9.17) is 9.47 Å². The van der Waals surface area contributed by atoms with Gasteiger partial charge in [-0.05, 0) is 40.5 Å². The molecular formula is C14H24N2O3. The number of ether oxygens (including phenoxy) is 2. The molecule has 0 bridgehead atoms. The highest BCUT2D eigenvalue weighted by atomic mass is 16.6. The first kappa shape index (κ1) is 14.2. The molecule has 0 aromatic heterocycles. The molecule has 5 heteroatoms. The topological polar surface area (TPSA) is 51.1 Å². The van der Waals surface area contributed by atoms with E-state index in [1.807, 2.05) is 25.7 Å². The van der Waals surface area contributed by atoms with Crippen molar-refractivity contribution in [3.8, 4) is 0 Å². The van der Waals surface area contributed by atoms with Crippen LogP contribution in [0.1, 0.15) is 40.5 Å². The van der Waals surface area contributed by atoms with E-state index in [0.29, 0.717) is 13.2 Å². The van der Waals surface area contributed by atoms with E-state index in [-0.39, 0.29) is 18.1 Å². The summed E-state index contributed by atoms with van der Waals surface area (Å²) >= 11 is 0. The van der Waals surface area contributed by atoms with Crippen LogP contribution in [0.4, 0.5) is 4.79 Å².